The second-order valence-corrected chi connectivity index (χ2v) is 22.9. The van der Waals surface area contributed by atoms with Crippen molar-refractivity contribution in [3.05, 3.63) is 104 Å². The first kappa shape index (κ1) is 51.2. The number of carbonyl (C=O) groups excluding carboxylic acids is 9. The average molecular weight is 1060 g/mol. The Bertz CT molecular complexity index is 3330. The van der Waals surface area contributed by atoms with Crippen molar-refractivity contribution >= 4 is 97.3 Å². The summed E-state index contributed by atoms with van der Waals surface area (Å²) in [6.45, 7) is 9.17. The topological polar surface area (TPSA) is 167 Å². The molecule has 0 atom stereocenters. The second kappa shape index (κ2) is 20.5. The largest absolute Gasteiger partial charge is 0.288 e. The third-order valence-electron chi connectivity index (χ3n) is 16.0. The van der Waals surface area contributed by atoms with Gasteiger partial charge in [-0.1, -0.05) is 105 Å². The smallest absolute Gasteiger partial charge is 0.262 e. The number of rotatable bonds is 22. The number of hydrogen-bond acceptors (Lipinski definition) is 11. The third-order valence-corrected chi connectivity index (χ3v) is 18.5. The fourth-order valence-electron chi connectivity index (χ4n) is 12.0. The van der Waals surface area contributed by atoms with Gasteiger partial charge in [-0.25, -0.2) is 0 Å². The summed E-state index contributed by atoms with van der Waals surface area (Å²) >= 11 is 2.57. The quantitative estimate of drug-likeness (QED) is 0.0474. The van der Waals surface area contributed by atoms with Gasteiger partial charge in [0.15, 0.2) is 5.78 Å². The molecule has 6 aromatic rings. The molecule has 0 fully saturated rings. The van der Waals surface area contributed by atoms with Crippen LogP contribution in [0.15, 0.2) is 48.5 Å². The van der Waals surface area contributed by atoms with E-state index < -0.39 is 47.3 Å². The summed E-state index contributed by atoms with van der Waals surface area (Å²) in [4.78, 5) is 138. The van der Waals surface area contributed by atoms with Crippen molar-refractivity contribution in [3.63, 3.8) is 0 Å². The molecular weight excluding hydrogens is 997 g/mol. The van der Waals surface area contributed by atoms with Crippen molar-refractivity contribution in [2.45, 2.75) is 130 Å². The van der Waals surface area contributed by atoms with Gasteiger partial charge in [0, 0.05) is 113 Å². The Balaban J connectivity index is 1.05. The summed E-state index contributed by atoms with van der Waals surface area (Å²) in [7, 11) is 0. The van der Waals surface area contributed by atoms with E-state index in [1.54, 1.807) is 48.5 Å². The predicted octanol–water partition coefficient (Wildman–Crippen LogP) is 13.4. The molecule has 0 spiro atoms. The molecule has 2 aromatic heterocycles. The van der Waals surface area contributed by atoms with E-state index >= 15 is 0 Å². The van der Waals surface area contributed by atoms with Gasteiger partial charge in [-0.05, 0) is 74.2 Å². The summed E-state index contributed by atoms with van der Waals surface area (Å²) < 4.78 is 0. The van der Waals surface area contributed by atoms with Crippen LogP contribution in [0.3, 0.4) is 0 Å². The molecule has 76 heavy (non-hydrogen) atoms. The second-order valence-electron chi connectivity index (χ2n) is 20.8. The minimum absolute atomic E-state index is 0.194. The van der Waals surface area contributed by atoms with Crippen LogP contribution >= 0.6 is 22.7 Å². The van der Waals surface area contributed by atoms with E-state index in [2.05, 4.69) is 27.7 Å². The Labute approximate surface area is 449 Å². The lowest BCUT2D eigenvalue weighted by atomic mass is 9.82. The van der Waals surface area contributed by atoms with Crippen molar-refractivity contribution in [2.24, 2.45) is 0 Å². The van der Waals surface area contributed by atoms with Crippen LogP contribution in [0.4, 0.5) is 0 Å². The van der Waals surface area contributed by atoms with E-state index in [1.165, 1.54) is 42.3 Å². The van der Waals surface area contributed by atoms with Crippen LogP contribution in [0.2, 0.25) is 0 Å². The number of unbranched alkanes of at least 4 members (excludes halogenated alkanes) is 12. The van der Waals surface area contributed by atoms with Gasteiger partial charge in [0.2, 0.25) is 0 Å². The highest BCUT2D eigenvalue weighted by Gasteiger charge is 2.45. The number of amides is 8. The van der Waals surface area contributed by atoms with Crippen LogP contribution in [-0.2, 0) is 0 Å². The SMILES string of the molecule is CCCCCCN1C(=O)c2ccc3c4c(c(-c5cc6c(s5)-c5sc(-c7cc8c9c(ccc%10c9c7C(=O)N(CCCCCC)C%10=O)C(=O)N(CCCCCC)C8=O)cc5C6=O)cc(c24)C1=O)C(=O)N(CCCCCC)C3=O. The van der Waals surface area contributed by atoms with Gasteiger partial charge < -0.3 is 0 Å². The number of thiophene rings is 2. The summed E-state index contributed by atoms with van der Waals surface area (Å²) in [5.74, 6) is -4.23. The summed E-state index contributed by atoms with van der Waals surface area (Å²) in [5.41, 5.74) is 3.40. The van der Waals surface area contributed by atoms with Crippen molar-refractivity contribution in [2.75, 3.05) is 26.2 Å². The summed E-state index contributed by atoms with van der Waals surface area (Å²) in [6.07, 6.45) is 13.5. The number of carbonyl (C=O) groups is 9. The van der Waals surface area contributed by atoms with E-state index in [0.29, 0.717) is 78.2 Å². The maximum atomic E-state index is 15.0. The Morgan fingerprint density at radius 2 is 0.592 bits per heavy atom. The molecule has 0 bridgehead atoms. The van der Waals surface area contributed by atoms with Gasteiger partial charge in [-0.15, -0.1) is 22.7 Å². The molecular formula is C61H60N4O9S2. The molecule has 8 amide bonds. The zero-order valence-electron chi connectivity index (χ0n) is 43.5. The molecule has 4 aromatic carbocycles. The van der Waals surface area contributed by atoms with Crippen LogP contribution in [0, 0.1) is 0 Å². The number of fused-ring (bicyclic) bond motifs is 3. The number of benzene rings is 4. The molecule has 11 rings (SSSR count). The van der Waals surface area contributed by atoms with E-state index in [9.17, 15) is 43.2 Å². The molecule has 0 saturated heterocycles. The van der Waals surface area contributed by atoms with Crippen LogP contribution in [0.1, 0.15) is 229 Å². The molecule has 390 valence electrons. The highest BCUT2D eigenvalue weighted by molar-refractivity contribution is 7.26. The molecule has 0 saturated carbocycles. The third kappa shape index (κ3) is 8.01. The summed E-state index contributed by atoms with van der Waals surface area (Å²) in [6, 6.07) is 13.2. The van der Waals surface area contributed by atoms with Crippen LogP contribution in [0.25, 0.3) is 52.2 Å². The van der Waals surface area contributed by atoms with Crippen molar-refractivity contribution in [1.29, 1.82) is 0 Å². The summed E-state index contributed by atoms with van der Waals surface area (Å²) in [5, 5.41) is 1.12. The molecule has 1 aliphatic carbocycles. The van der Waals surface area contributed by atoms with E-state index in [-0.39, 0.29) is 87.2 Å². The van der Waals surface area contributed by atoms with Crippen molar-refractivity contribution in [1.82, 2.24) is 19.6 Å². The van der Waals surface area contributed by atoms with Gasteiger partial charge >= 0.3 is 0 Å². The highest BCUT2D eigenvalue weighted by Crippen LogP contribution is 2.54. The van der Waals surface area contributed by atoms with E-state index in [1.807, 2.05) is 0 Å². The minimum Gasteiger partial charge on any atom is -0.288 e. The first-order chi connectivity index (χ1) is 36.9. The monoisotopic (exact) mass is 1060 g/mol. The van der Waals surface area contributed by atoms with Crippen LogP contribution in [-0.4, -0.2) is 98.8 Å². The van der Waals surface area contributed by atoms with Gasteiger partial charge in [0.05, 0.1) is 20.9 Å². The Morgan fingerprint density at radius 1 is 0.303 bits per heavy atom. The fourth-order valence-corrected chi connectivity index (χ4v) is 14.5. The van der Waals surface area contributed by atoms with Gasteiger partial charge in [0.25, 0.3) is 47.3 Å². The number of imide groups is 4. The van der Waals surface area contributed by atoms with E-state index in [0.717, 1.165) is 77.0 Å². The van der Waals surface area contributed by atoms with Crippen molar-refractivity contribution < 1.29 is 43.2 Å². The first-order valence-electron chi connectivity index (χ1n) is 27.4. The Kier molecular flexibility index (Phi) is 13.8. The Morgan fingerprint density at radius 3 is 0.908 bits per heavy atom. The standard InChI is InChI=1S/C61H60N4O9S2/c1-5-9-13-17-25-62-54(67)33-21-23-35-47-45(33)39(58(62)71)29-37(49(47)60(73)64(56(35)69)27-19-15-11-7-3)43-31-41-51(66)42-32-44(76-53(42)52(41)75-43)38-30-40-46-34(55(68)63(59(40)72)26-18-14-10-6-2)22-24-36-48(46)50(38)61(74)65(57(36)70)28-20-16-12-8-4/h21-24,29-32H,5-20,25-28H2,1-4H3. The molecule has 4 aliphatic heterocycles. The molecule has 0 radical (unpaired) electrons. The average Bonchev–Trinajstić information content (AvgIpc) is 4.13. The van der Waals surface area contributed by atoms with Gasteiger partial charge in [-0.2, -0.15) is 0 Å². The molecule has 6 heterocycles. The highest BCUT2D eigenvalue weighted by atomic mass is 32.1. The molecule has 0 unspecified atom stereocenters. The maximum absolute atomic E-state index is 15.0. The van der Waals surface area contributed by atoms with Gasteiger partial charge in [0.1, 0.15) is 0 Å². The first-order valence-corrected chi connectivity index (χ1v) is 29.0. The minimum atomic E-state index is -0.524. The zero-order valence-corrected chi connectivity index (χ0v) is 45.2. The number of hydrogen-bond donors (Lipinski definition) is 0. The lowest BCUT2D eigenvalue weighted by molar-refractivity contribution is 0.0586. The van der Waals surface area contributed by atoms with E-state index in [4.69, 9.17) is 0 Å². The maximum Gasteiger partial charge on any atom is 0.262 e. The number of ketones is 1. The lowest BCUT2D eigenvalue weighted by Gasteiger charge is -2.33. The van der Waals surface area contributed by atoms with Crippen LogP contribution < -0.4 is 0 Å². The van der Waals surface area contributed by atoms with Crippen LogP contribution in [0.5, 0.6) is 0 Å². The fraction of sp³-hybridized carbons (Fsp3) is 0.393. The molecule has 5 aliphatic rings. The predicted molar refractivity (Wildman–Crippen MR) is 295 cm³/mol. The molecule has 0 N–H and O–H groups in total. The molecule has 13 nitrogen and oxygen atoms in total. The normalized spacial score (nSPS) is 15.5. The Hall–Kier alpha value is -6.97. The lowest BCUT2D eigenvalue weighted by Crippen LogP contribution is -2.44. The molecule has 15 heteroatoms. The zero-order chi connectivity index (χ0) is 53.3. The number of nitrogens with zero attached hydrogens (tertiary/aromatic N) is 4. The van der Waals surface area contributed by atoms with Gasteiger partial charge in [-0.3, -0.25) is 62.8 Å². The van der Waals surface area contributed by atoms with Crippen molar-refractivity contribution in [3.8, 4) is 30.6 Å².